The molecule has 0 bridgehead atoms. The van der Waals surface area contributed by atoms with E-state index in [9.17, 15) is 13.2 Å². The Morgan fingerprint density at radius 1 is 1.42 bits per heavy atom. The molecule has 0 saturated carbocycles. The van der Waals surface area contributed by atoms with Crippen LogP contribution in [0.1, 0.15) is 43.9 Å². The zero-order chi connectivity index (χ0) is 14.3. The van der Waals surface area contributed by atoms with Crippen molar-refractivity contribution in [3.05, 3.63) is 11.7 Å². The third-order valence-corrected chi connectivity index (χ3v) is 2.41. The summed E-state index contributed by atoms with van der Waals surface area (Å²) in [6, 6.07) is -0.322. The van der Waals surface area contributed by atoms with Crippen molar-refractivity contribution >= 4 is 0 Å². The fourth-order valence-corrected chi connectivity index (χ4v) is 1.42. The van der Waals surface area contributed by atoms with Crippen molar-refractivity contribution in [3.8, 4) is 0 Å². The van der Waals surface area contributed by atoms with Gasteiger partial charge in [-0.25, -0.2) is 0 Å². The maximum absolute atomic E-state index is 11.8. The smallest absolute Gasteiger partial charge is 0.372 e. The van der Waals surface area contributed by atoms with Gasteiger partial charge in [0.1, 0.15) is 6.61 Å². The van der Waals surface area contributed by atoms with Crippen LogP contribution >= 0.6 is 0 Å². The van der Waals surface area contributed by atoms with Crippen LogP contribution in [-0.2, 0) is 11.2 Å². The van der Waals surface area contributed by atoms with E-state index in [1.165, 1.54) is 0 Å². The van der Waals surface area contributed by atoms with Crippen molar-refractivity contribution in [3.63, 3.8) is 0 Å². The number of rotatable bonds is 8. The Morgan fingerprint density at radius 2 is 2.16 bits per heavy atom. The summed E-state index contributed by atoms with van der Waals surface area (Å²) in [7, 11) is 0. The second-order valence-electron chi connectivity index (χ2n) is 4.22. The molecule has 0 amide bonds. The van der Waals surface area contributed by atoms with Crippen LogP contribution in [-0.4, -0.2) is 29.5 Å². The maximum atomic E-state index is 11.8. The fraction of sp³-hybridized carbons (Fsp3) is 0.818. The minimum absolute atomic E-state index is 0.108. The van der Waals surface area contributed by atoms with Crippen LogP contribution in [0.15, 0.2) is 4.52 Å². The predicted octanol–water partition coefficient (Wildman–Crippen LogP) is 2.38. The van der Waals surface area contributed by atoms with Crippen LogP contribution in [0, 0.1) is 0 Å². The van der Waals surface area contributed by atoms with Gasteiger partial charge in [-0.15, -0.1) is 0 Å². The van der Waals surface area contributed by atoms with Crippen LogP contribution in [0.5, 0.6) is 0 Å². The van der Waals surface area contributed by atoms with Crippen LogP contribution < -0.4 is 5.73 Å². The first-order chi connectivity index (χ1) is 8.92. The summed E-state index contributed by atoms with van der Waals surface area (Å²) in [6.07, 6.45) is -1.44. The number of alkyl halides is 3. The first kappa shape index (κ1) is 15.9. The van der Waals surface area contributed by atoms with Gasteiger partial charge in [0, 0.05) is 6.42 Å². The van der Waals surface area contributed by atoms with Gasteiger partial charge in [-0.3, -0.25) is 0 Å². The minimum atomic E-state index is -4.31. The zero-order valence-corrected chi connectivity index (χ0v) is 10.7. The van der Waals surface area contributed by atoms with E-state index in [2.05, 4.69) is 14.9 Å². The Morgan fingerprint density at radius 3 is 2.79 bits per heavy atom. The molecule has 1 aromatic rings. The summed E-state index contributed by atoms with van der Waals surface area (Å²) in [5.74, 6) is 0.628. The van der Waals surface area contributed by atoms with E-state index in [0.717, 1.165) is 19.3 Å². The van der Waals surface area contributed by atoms with Gasteiger partial charge in [0.05, 0.1) is 12.6 Å². The number of nitrogens with zero attached hydrogens (tertiary/aromatic N) is 2. The third kappa shape index (κ3) is 6.53. The quantitative estimate of drug-likeness (QED) is 0.740. The molecule has 0 aliphatic carbocycles. The highest BCUT2D eigenvalue weighted by Gasteiger charge is 2.27. The third-order valence-electron chi connectivity index (χ3n) is 2.41. The summed E-state index contributed by atoms with van der Waals surface area (Å²) in [6.45, 7) is 0.667. The molecule has 0 aliphatic heterocycles. The number of aromatic nitrogens is 2. The van der Waals surface area contributed by atoms with Crippen LogP contribution in [0.2, 0.25) is 0 Å². The molecule has 0 aromatic carbocycles. The topological polar surface area (TPSA) is 74.2 Å². The van der Waals surface area contributed by atoms with E-state index >= 15 is 0 Å². The monoisotopic (exact) mass is 281 g/mol. The molecule has 110 valence electrons. The molecule has 1 rings (SSSR count). The van der Waals surface area contributed by atoms with Gasteiger partial charge in [-0.1, -0.05) is 24.9 Å². The lowest BCUT2D eigenvalue weighted by Gasteiger charge is -2.05. The van der Waals surface area contributed by atoms with Crippen molar-refractivity contribution < 1.29 is 22.4 Å². The summed E-state index contributed by atoms with van der Waals surface area (Å²) in [4.78, 5) is 4.03. The van der Waals surface area contributed by atoms with E-state index in [4.69, 9.17) is 10.3 Å². The first-order valence-corrected chi connectivity index (χ1v) is 6.15. The molecule has 2 N–H and O–H groups in total. The largest absolute Gasteiger partial charge is 0.411 e. The van der Waals surface area contributed by atoms with Crippen molar-refractivity contribution in [2.24, 2.45) is 5.73 Å². The number of unbranched alkanes of at least 4 members (excludes halogenated alkanes) is 1. The summed E-state index contributed by atoms with van der Waals surface area (Å²) >= 11 is 0. The Labute approximate surface area is 109 Å². The van der Waals surface area contributed by atoms with Crippen molar-refractivity contribution in [2.75, 3.05) is 13.2 Å². The molecule has 0 fully saturated rings. The van der Waals surface area contributed by atoms with Gasteiger partial charge in [-0.2, -0.15) is 18.2 Å². The molecule has 8 heteroatoms. The number of halogens is 3. The highest BCUT2D eigenvalue weighted by atomic mass is 19.4. The standard InChI is InChI=1S/C11H18F3N3O2/c1-2-3-4-8(15)10-16-9(17-19-10)5-6-18-7-11(12,13)14/h8H,2-7,15H2,1H3. The Kier molecular flexibility index (Phi) is 6.23. The molecule has 0 spiro atoms. The molecule has 1 heterocycles. The van der Waals surface area contributed by atoms with Gasteiger partial charge in [-0.05, 0) is 6.42 Å². The lowest BCUT2D eigenvalue weighted by molar-refractivity contribution is -0.173. The van der Waals surface area contributed by atoms with Crippen molar-refractivity contribution in [2.45, 2.75) is 44.8 Å². The molecule has 0 saturated heterocycles. The molecule has 1 aromatic heterocycles. The van der Waals surface area contributed by atoms with E-state index in [1.54, 1.807) is 0 Å². The lowest BCUT2D eigenvalue weighted by Crippen LogP contribution is -2.18. The van der Waals surface area contributed by atoms with Gasteiger partial charge < -0.3 is 15.0 Å². The number of hydrogen-bond donors (Lipinski definition) is 1. The van der Waals surface area contributed by atoms with Crippen molar-refractivity contribution in [1.82, 2.24) is 10.1 Å². The highest BCUT2D eigenvalue weighted by Crippen LogP contribution is 2.16. The summed E-state index contributed by atoms with van der Waals surface area (Å²) < 4.78 is 44.9. The molecule has 1 atom stereocenters. The minimum Gasteiger partial charge on any atom is -0.372 e. The Hall–Kier alpha value is -1.15. The Bertz CT molecular complexity index is 368. The van der Waals surface area contributed by atoms with E-state index in [1.807, 2.05) is 6.92 Å². The van der Waals surface area contributed by atoms with E-state index in [-0.39, 0.29) is 19.1 Å². The second-order valence-corrected chi connectivity index (χ2v) is 4.22. The van der Waals surface area contributed by atoms with Crippen LogP contribution in [0.4, 0.5) is 13.2 Å². The number of hydrogen-bond acceptors (Lipinski definition) is 5. The second kappa shape index (κ2) is 7.44. The average molecular weight is 281 g/mol. The zero-order valence-electron chi connectivity index (χ0n) is 10.7. The molecule has 19 heavy (non-hydrogen) atoms. The summed E-state index contributed by atoms with van der Waals surface area (Å²) in [5, 5.41) is 3.65. The van der Waals surface area contributed by atoms with E-state index in [0.29, 0.717) is 11.7 Å². The molecule has 1 unspecified atom stereocenters. The predicted molar refractivity (Wildman–Crippen MR) is 61.3 cm³/mol. The molecule has 0 radical (unpaired) electrons. The van der Waals surface area contributed by atoms with Crippen LogP contribution in [0.25, 0.3) is 0 Å². The van der Waals surface area contributed by atoms with Crippen LogP contribution in [0.3, 0.4) is 0 Å². The van der Waals surface area contributed by atoms with E-state index < -0.39 is 12.8 Å². The van der Waals surface area contributed by atoms with Gasteiger partial charge in [0.25, 0.3) is 0 Å². The number of ether oxygens (including phenoxy) is 1. The molecular formula is C11H18F3N3O2. The van der Waals surface area contributed by atoms with Gasteiger partial charge in [0.2, 0.25) is 5.89 Å². The first-order valence-electron chi connectivity index (χ1n) is 6.15. The number of nitrogens with two attached hydrogens (primary N) is 1. The molecule has 5 nitrogen and oxygen atoms in total. The summed E-state index contributed by atoms with van der Waals surface area (Å²) in [5.41, 5.74) is 5.83. The van der Waals surface area contributed by atoms with Gasteiger partial charge >= 0.3 is 6.18 Å². The lowest BCUT2D eigenvalue weighted by atomic mass is 10.1. The highest BCUT2D eigenvalue weighted by molar-refractivity contribution is 4.91. The molecular weight excluding hydrogens is 263 g/mol. The fourth-order valence-electron chi connectivity index (χ4n) is 1.42. The maximum Gasteiger partial charge on any atom is 0.411 e. The normalized spacial score (nSPS) is 13.7. The van der Waals surface area contributed by atoms with Gasteiger partial charge in [0.15, 0.2) is 5.82 Å². The van der Waals surface area contributed by atoms with Crippen molar-refractivity contribution in [1.29, 1.82) is 0 Å². The molecule has 0 aliphatic rings. The average Bonchev–Trinajstić information content (AvgIpc) is 2.79. The SMILES string of the molecule is CCCCC(N)c1nc(CCOCC(F)(F)F)no1. The Balaban J connectivity index is 2.30.